The highest BCUT2D eigenvalue weighted by atomic mass is 16.5. The maximum absolute atomic E-state index is 12.2. The predicted molar refractivity (Wildman–Crippen MR) is 94.6 cm³/mol. The fourth-order valence-electron chi connectivity index (χ4n) is 2.05. The lowest BCUT2D eigenvalue weighted by molar-refractivity contribution is 0.0962. The van der Waals surface area contributed by atoms with Gasteiger partial charge in [-0.3, -0.25) is 9.59 Å². The van der Waals surface area contributed by atoms with Crippen LogP contribution in [0.5, 0.6) is 5.75 Å². The summed E-state index contributed by atoms with van der Waals surface area (Å²) in [7, 11) is 1.58. The molecule has 0 spiro atoms. The Labute approximate surface area is 142 Å². The third-order valence-electron chi connectivity index (χ3n) is 3.66. The summed E-state index contributed by atoms with van der Waals surface area (Å²) < 4.78 is 5.69. The van der Waals surface area contributed by atoms with Crippen molar-refractivity contribution in [1.82, 2.24) is 5.32 Å². The van der Waals surface area contributed by atoms with Crippen molar-refractivity contribution in [2.75, 3.05) is 12.4 Å². The number of nitrogens with one attached hydrogen (secondary N) is 2. The van der Waals surface area contributed by atoms with Gasteiger partial charge in [-0.15, -0.1) is 0 Å². The number of carbonyl (C=O) groups excluding carboxylic acids is 2. The number of hydrogen-bond donors (Lipinski definition) is 2. The summed E-state index contributed by atoms with van der Waals surface area (Å²) in [5.74, 6) is 0.374. The summed E-state index contributed by atoms with van der Waals surface area (Å²) in [5, 5.41) is 5.35. The van der Waals surface area contributed by atoms with Gasteiger partial charge in [-0.25, -0.2) is 0 Å². The van der Waals surface area contributed by atoms with E-state index in [2.05, 4.69) is 17.6 Å². The van der Waals surface area contributed by atoms with Gasteiger partial charge in [-0.05, 0) is 61.9 Å². The molecule has 0 heterocycles. The summed E-state index contributed by atoms with van der Waals surface area (Å²) >= 11 is 0. The quantitative estimate of drug-likeness (QED) is 0.854. The van der Waals surface area contributed by atoms with E-state index in [9.17, 15) is 9.59 Å². The molecule has 0 radical (unpaired) electrons. The summed E-state index contributed by atoms with van der Waals surface area (Å²) in [6.45, 7) is 4.06. The molecule has 2 N–H and O–H groups in total. The first-order chi connectivity index (χ1) is 11.5. The summed E-state index contributed by atoms with van der Waals surface area (Å²) in [4.78, 5) is 23.7. The second kappa shape index (κ2) is 8.15. The van der Waals surface area contributed by atoms with Crippen molar-refractivity contribution in [3.63, 3.8) is 0 Å². The zero-order valence-corrected chi connectivity index (χ0v) is 14.1. The molecule has 0 aliphatic rings. The van der Waals surface area contributed by atoms with Crippen LogP contribution in [0.2, 0.25) is 0 Å². The number of amides is 2. The lowest BCUT2D eigenvalue weighted by atomic mass is 10.1. The van der Waals surface area contributed by atoms with Gasteiger partial charge in [0.05, 0.1) is 6.10 Å². The van der Waals surface area contributed by atoms with E-state index in [4.69, 9.17) is 4.74 Å². The van der Waals surface area contributed by atoms with E-state index < -0.39 is 0 Å². The Morgan fingerprint density at radius 3 is 2.04 bits per heavy atom. The molecule has 2 aromatic carbocycles. The molecule has 2 rings (SSSR count). The molecule has 24 heavy (non-hydrogen) atoms. The molecule has 0 aliphatic carbocycles. The van der Waals surface area contributed by atoms with Crippen LogP contribution in [0.4, 0.5) is 5.69 Å². The zero-order chi connectivity index (χ0) is 17.5. The minimum atomic E-state index is -0.210. The van der Waals surface area contributed by atoms with Crippen molar-refractivity contribution in [1.29, 1.82) is 0 Å². The molecule has 1 atom stereocenters. The molecule has 126 valence electrons. The van der Waals surface area contributed by atoms with E-state index in [-0.39, 0.29) is 17.9 Å². The van der Waals surface area contributed by atoms with E-state index in [1.165, 1.54) is 0 Å². The number of hydrogen-bond acceptors (Lipinski definition) is 3. The van der Waals surface area contributed by atoms with Crippen molar-refractivity contribution in [2.45, 2.75) is 26.4 Å². The number of rotatable bonds is 6. The van der Waals surface area contributed by atoms with Gasteiger partial charge in [0.2, 0.25) is 0 Å². The lowest BCUT2D eigenvalue weighted by Gasteiger charge is -2.12. The van der Waals surface area contributed by atoms with E-state index in [1.54, 1.807) is 55.6 Å². The maximum Gasteiger partial charge on any atom is 0.255 e. The van der Waals surface area contributed by atoms with Gasteiger partial charge in [0, 0.05) is 23.9 Å². The summed E-state index contributed by atoms with van der Waals surface area (Å²) in [5.41, 5.74) is 1.72. The Hall–Kier alpha value is -2.82. The molecule has 0 bridgehead atoms. The number of benzene rings is 2. The van der Waals surface area contributed by atoms with Gasteiger partial charge < -0.3 is 15.4 Å². The molecule has 0 aliphatic heterocycles. The van der Waals surface area contributed by atoms with Crippen LogP contribution in [0.15, 0.2) is 48.5 Å². The zero-order valence-electron chi connectivity index (χ0n) is 14.1. The number of anilines is 1. The van der Waals surface area contributed by atoms with Gasteiger partial charge in [0.1, 0.15) is 5.75 Å². The Morgan fingerprint density at radius 1 is 0.958 bits per heavy atom. The van der Waals surface area contributed by atoms with Crippen LogP contribution in [0.25, 0.3) is 0 Å². The lowest BCUT2D eigenvalue weighted by Crippen LogP contribution is -2.17. The predicted octanol–water partition coefficient (Wildman–Crippen LogP) is 3.48. The van der Waals surface area contributed by atoms with Crippen LogP contribution in [0.3, 0.4) is 0 Å². The van der Waals surface area contributed by atoms with E-state index in [1.807, 2.05) is 6.92 Å². The third kappa shape index (κ3) is 4.59. The minimum absolute atomic E-state index is 0.142. The van der Waals surface area contributed by atoms with Crippen LogP contribution in [-0.2, 0) is 0 Å². The average Bonchev–Trinajstić information content (AvgIpc) is 2.62. The van der Waals surface area contributed by atoms with Gasteiger partial charge in [-0.2, -0.15) is 0 Å². The normalized spacial score (nSPS) is 11.5. The van der Waals surface area contributed by atoms with Crippen molar-refractivity contribution in [3.05, 3.63) is 59.7 Å². The van der Waals surface area contributed by atoms with Gasteiger partial charge in [-0.1, -0.05) is 6.92 Å². The first-order valence-electron chi connectivity index (χ1n) is 7.93. The summed E-state index contributed by atoms with van der Waals surface area (Å²) in [6, 6.07) is 13.8. The third-order valence-corrected chi connectivity index (χ3v) is 3.66. The van der Waals surface area contributed by atoms with Crippen molar-refractivity contribution < 1.29 is 14.3 Å². The summed E-state index contributed by atoms with van der Waals surface area (Å²) in [6.07, 6.45) is 1.07. The maximum atomic E-state index is 12.2. The molecule has 0 saturated heterocycles. The van der Waals surface area contributed by atoms with Crippen LogP contribution >= 0.6 is 0 Å². The molecule has 0 fully saturated rings. The van der Waals surface area contributed by atoms with Crippen LogP contribution in [0.1, 0.15) is 41.0 Å². The van der Waals surface area contributed by atoms with E-state index in [0.29, 0.717) is 16.8 Å². The molecular formula is C19H22N2O3. The monoisotopic (exact) mass is 326 g/mol. The van der Waals surface area contributed by atoms with Gasteiger partial charge >= 0.3 is 0 Å². The molecule has 2 amide bonds. The van der Waals surface area contributed by atoms with Crippen LogP contribution < -0.4 is 15.4 Å². The topological polar surface area (TPSA) is 67.4 Å². The molecule has 5 nitrogen and oxygen atoms in total. The largest absolute Gasteiger partial charge is 0.491 e. The molecule has 0 aromatic heterocycles. The Morgan fingerprint density at radius 2 is 1.50 bits per heavy atom. The standard InChI is InChI=1S/C19H22N2O3/c1-4-13(2)24-17-11-7-15(8-12-17)19(23)21-16-9-5-14(6-10-16)18(22)20-3/h5-13H,4H2,1-3H3,(H,20,22)(H,21,23). The van der Waals surface area contributed by atoms with Gasteiger partial charge in [0.15, 0.2) is 0 Å². The number of carbonyl (C=O) groups is 2. The average molecular weight is 326 g/mol. The van der Waals surface area contributed by atoms with Crippen LogP contribution in [-0.4, -0.2) is 25.0 Å². The van der Waals surface area contributed by atoms with E-state index in [0.717, 1.165) is 12.2 Å². The fraction of sp³-hybridized carbons (Fsp3) is 0.263. The Kier molecular flexibility index (Phi) is 5.95. The van der Waals surface area contributed by atoms with Crippen LogP contribution in [0, 0.1) is 0 Å². The smallest absolute Gasteiger partial charge is 0.255 e. The highest BCUT2D eigenvalue weighted by Gasteiger charge is 2.08. The molecule has 2 aromatic rings. The highest BCUT2D eigenvalue weighted by Crippen LogP contribution is 2.16. The van der Waals surface area contributed by atoms with Crippen molar-refractivity contribution in [3.8, 4) is 5.75 Å². The second-order valence-corrected chi connectivity index (χ2v) is 5.47. The second-order valence-electron chi connectivity index (χ2n) is 5.47. The molecule has 1 unspecified atom stereocenters. The van der Waals surface area contributed by atoms with Crippen molar-refractivity contribution in [2.24, 2.45) is 0 Å². The minimum Gasteiger partial charge on any atom is -0.491 e. The first kappa shape index (κ1) is 17.5. The molecular weight excluding hydrogens is 304 g/mol. The Balaban J connectivity index is 2.00. The fourth-order valence-corrected chi connectivity index (χ4v) is 2.05. The van der Waals surface area contributed by atoms with Crippen molar-refractivity contribution >= 4 is 17.5 Å². The van der Waals surface area contributed by atoms with E-state index >= 15 is 0 Å². The van der Waals surface area contributed by atoms with Gasteiger partial charge in [0.25, 0.3) is 11.8 Å². The number of ether oxygens (including phenoxy) is 1. The highest BCUT2D eigenvalue weighted by molar-refractivity contribution is 6.04. The Bertz CT molecular complexity index is 694. The first-order valence-corrected chi connectivity index (χ1v) is 7.93. The molecule has 5 heteroatoms. The molecule has 0 saturated carbocycles. The SMILES string of the molecule is CCC(C)Oc1ccc(C(=O)Nc2ccc(C(=O)NC)cc2)cc1.